The number of carbonyl (C=O) groups is 1. The number of nitrogens with one attached hydrogen (secondary N) is 1. The second-order valence-electron chi connectivity index (χ2n) is 3.66. The average Bonchev–Trinajstić information content (AvgIpc) is 2.36. The molecule has 0 bridgehead atoms. The van der Waals surface area contributed by atoms with Gasteiger partial charge in [0, 0.05) is 5.75 Å². The maximum absolute atomic E-state index is 11.6. The summed E-state index contributed by atoms with van der Waals surface area (Å²) in [5.41, 5.74) is 6.72. The van der Waals surface area contributed by atoms with Gasteiger partial charge in [0.2, 0.25) is 12.2 Å². The molecule has 0 saturated heterocycles. The topological polar surface area (TPSA) is 72.2 Å². The van der Waals surface area contributed by atoms with Gasteiger partial charge in [-0.05, 0) is 12.0 Å². The van der Waals surface area contributed by atoms with Crippen LogP contribution in [-0.4, -0.2) is 30.0 Å². The fourth-order valence-corrected chi connectivity index (χ4v) is 1.52. The van der Waals surface area contributed by atoms with Gasteiger partial charge in [-0.15, -0.1) is 0 Å². The van der Waals surface area contributed by atoms with E-state index in [4.69, 9.17) is 5.73 Å². The van der Waals surface area contributed by atoms with Gasteiger partial charge in [-0.1, -0.05) is 30.3 Å². The van der Waals surface area contributed by atoms with Gasteiger partial charge >= 0.3 is 0 Å². The number of hydrogen-bond acceptors (Lipinski definition) is 4. The summed E-state index contributed by atoms with van der Waals surface area (Å²) in [4.78, 5) is 22.0. The Kier molecular flexibility index (Phi) is 5.72. The van der Waals surface area contributed by atoms with Gasteiger partial charge in [-0.25, -0.2) is 0 Å². The van der Waals surface area contributed by atoms with Gasteiger partial charge in [0.05, 0.1) is 6.04 Å². The van der Waals surface area contributed by atoms with Crippen LogP contribution in [0.2, 0.25) is 0 Å². The molecule has 91 valence electrons. The summed E-state index contributed by atoms with van der Waals surface area (Å²) in [6.45, 7) is 0. The van der Waals surface area contributed by atoms with E-state index in [2.05, 4.69) is 17.9 Å². The standard InChI is InChI=1S/C12H15N2O2S/c13-11(6-9-4-2-1-3-5-9)12(16)14-10(7-15)8-17/h1-5,10-11,17H,6,8,13H2,(H,14,16)/t10-,11+/m1/s1. The molecule has 0 aliphatic heterocycles. The number of hydrogen-bond donors (Lipinski definition) is 3. The Morgan fingerprint density at radius 2 is 2.06 bits per heavy atom. The zero-order valence-corrected chi connectivity index (χ0v) is 10.2. The van der Waals surface area contributed by atoms with E-state index >= 15 is 0 Å². The fourth-order valence-electron chi connectivity index (χ4n) is 1.35. The lowest BCUT2D eigenvalue weighted by Crippen LogP contribution is -2.47. The molecule has 1 radical (unpaired) electrons. The third-order valence-electron chi connectivity index (χ3n) is 2.28. The summed E-state index contributed by atoms with van der Waals surface area (Å²) in [6, 6.07) is 8.09. The molecule has 1 aromatic rings. The molecule has 2 atom stereocenters. The van der Waals surface area contributed by atoms with E-state index in [-0.39, 0.29) is 11.7 Å². The van der Waals surface area contributed by atoms with Crippen LogP contribution in [0.3, 0.4) is 0 Å². The molecule has 4 nitrogen and oxygen atoms in total. The lowest BCUT2D eigenvalue weighted by atomic mass is 10.1. The summed E-state index contributed by atoms with van der Waals surface area (Å²) in [6.07, 6.45) is 2.12. The molecule has 0 heterocycles. The van der Waals surface area contributed by atoms with E-state index in [0.29, 0.717) is 6.42 Å². The van der Waals surface area contributed by atoms with Gasteiger partial charge < -0.3 is 11.1 Å². The number of carbonyl (C=O) groups excluding carboxylic acids is 2. The molecule has 1 aromatic carbocycles. The maximum Gasteiger partial charge on any atom is 0.237 e. The van der Waals surface area contributed by atoms with Crippen LogP contribution in [0.5, 0.6) is 0 Å². The molecule has 0 aliphatic carbocycles. The number of nitrogens with two attached hydrogens (primary N) is 1. The molecular weight excluding hydrogens is 236 g/mol. The third-order valence-corrected chi connectivity index (χ3v) is 2.64. The van der Waals surface area contributed by atoms with Crippen LogP contribution >= 0.6 is 12.6 Å². The molecule has 17 heavy (non-hydrogen) atoms. The van der Waals surface area contributed by atoms with Crippen LogP contribution in [0, 0.1) is 0 Å². The van der Waals surface area contributed by atoms with Crippen molar-refractivity contribution in [2.45, 2.75) is 18.5 Å². The Morgan fingerprint density at radius 3 is 2.59 bits per heavy atom. The van der Waals surface area contributed by atoms with Gasteiger partial charge in [-0.2, -0.15) is 12.6 Å². The second kappa shape index (κ2) is 7.09. The Morgan fingerprint density at radius 1 is 1.41 bits per heavy atom. The van der Waals surface area contributed by atoms with Crippen molar-refractivity contribution in [3.05, 3.63) is 35.9 Å². The van der Waals surface area contributed by atoms with Gasteiger partial charge in [0.1, 0.15) is 6.04 Å². The predicted molar refractivity (Wildman–Crippen MR) is 69.6 cm³/mol. The lowest BCUT2D eigenvalue weighted by Gasteiger charge is -2.14. The molecule has 0 saturated carbocycles. The third kappa shape index (κ3) is 4.58. The smallest absolute Gasteiger partial charge is 0.237 e. The van der Waals surface area contributed by atoms with E-state index in [1.807, 2.05) is 30.3 Å². The minimum atomic E-state index is -0.701. The van der Waals surface area contributed by atoms with E-state index in [0.717, 1.165) is 5.56 Å². The Labute approximate surface area is 106 Å². The highest BCUT2D eigenvalue weighted by Gasteiger charge is 2.17. The highest BCUT2D eigenvalue weighted by atomic mass is 32.1. The first-order valence-electron chi connectivity index (χ1n) is 5.25. The van der Waals surface area contributed by atoms with Crippen molar-refractivity contribution in [3.63, 3.8) is 0 Å². The minimum absolute atomic E-state index is 0.216. The Balaban J connectivity index is 2.50. The van der Waals surface area contributed by atoms with Crippen LogP contribution in [0.4, 0.5) is 0 Å². The van der Waals surface area contributed by atoms with Crippen LogP contribution in [0.1, 0.15) is 5.56 Å². The van der Waals surface area contributed by atoms with Crippen molar-refractivity contribution in [1.82, 2.24) is 5.32 Å². The lowest BCUT2D eigenvalue weighted by molar-refractivity contribution is -0.122. The summed E-state index contributed by atoms with van der Waals surface area (Å²) in [7, 11) is 0. The van der Waals surface area contributed by atoms with Crippen LogP contribution in [0.25, 0.3) is 0 Å². The normalized spacial score (nSPS) is 13.8. The quantitative estimate of drug-likeness (QED) is 0.627. The van der Waals surface area contributed by atoms with Crippen molar-refractivity contribution >= 4 is 24.8 Å². The zero-order valence-electron chi connectivity index (χ0n) is 9.30. The van der Waals surface area contributed by atoms with Crippen molar-refractivity contribution in [2.24, 2.45) is 5.73 Å². The van der Waals surface area contributed by atoms with Gasteiger partial charge in [0.25, 0.3) is 0 Å². The molecule has 0 aliphatic rings. The molecular formula is C12H15N2O2S. The molecule has 5 heteroatoms. The first-order valence-corrected chi connectivity index (χ1v) is 5.89. The van der Waals surface area contributed by atoms with Crippen molar-refractivity contribution < 1.29 is 9.59 Å². The Hall–Kier alpha value is -1.33. The SMILES string of the molecule is N[C@@H](Cc1ccccc1)C(=O)N[C@H]([C]=O)CS. The summed E-state index contributed by atoms with van der Waals surface area (Å²) in [5, 5.41) is 2.47. The maximum atomic E-state index is 11.6. The van der Waals surface area contributed by atoms with Crippen LogP contribution < -0.4 is 11.1 Å². The predicted octanol–water partition coefficient (Wildman–Crippen LogP) is 0.0807. The highest BCUT2D eigenvalue weighted by Crippen LogP contribution is 2.02. The summed E-state index contributed by atoms with van der Waals surface area (Å²) >= 11 is 3.92. The number of amides is 1. The van der Waals surface area contributed by atoms with E-state index < -0.39 is 12.1 Å². The van der Waals surface area contributed by atoms with Crippen LogP contribution in [0.15, 0.2) is 30.3 Å². The van der Waals surface area contributed by atoms with Crippen molar-refractivity contribution in [2.75, 3.05) is 5.75 Å². The monoisotopic (exact) mass is 251 g/mol. The van der Waals surface area contributed by atoms with Crippen molar-refractivity contribution in [3.8, 4) is 0 Å². The largest absolute Gasteiger partial charge is 0.344 e. The first kappa shape index (κ1) is 13.7. The van der Waals surface area contributed by atoms with Gasteiger partial charge in [-0.3, -0.25) is 9.59 Å². The Bertz CT molecular complexity index is 370. The highest BCUT2D eigenvalue weighted by molar-refractivity contribution is 7.80. The molecule has 1 amide bonds. The summed E-state index contributed by atoms with van der Waals surface area (Å²) < 4.78 is 0. The first-order chi connectivity index (χ1) is 8.17. The van der Waals surface area contributed by atoms with E-state index in [1.54, 1.807) is 6.29 Å². The zero-order chi connectivity index (χ0) is 12.7. The molecule has 0 fully saturated rings. The van der Waals surface area contributed by atoms with Gasteiger partial charge in [0.15, 0.2) is 0 Å². The number of benzene rings is 1. The fraction of sp³-hybridized carbons (Fsp3) is 0.333. The van der Waals surface area contributed by atoms with Crippen molar-refractivity contribution in [1.29, 1.82) is 0 Å². The second-order valence-corrected chi connectivity index (χ2v) is 4.02. The number of thiol groups is 1. The molecule has 0 spiro atoms. The van der Waals surface area contributed by atoms with E-state index in [9.17, 15) is 9.59 Å². The number of rotatable bonds is 6. The molecule has 0 aromatic heterocycles. The minimum Gasteiger partial charge on any atom is -0.344 e. The van der Waals surface area contributed by atoms with Crippen LogP contribution in [-0.2, 0) is 16.0 Å². The average molecular weight is 251 g/mol. The molecule has 1 rings (SSSR count). The molecule has 3 N–H and O–H groups in total. The summed E-state index contributed by atoms with van der Waals surface area (Å²) in [5.74, 6) is -0.149. The molecule has 0 unspecified atom stereocenters. The van der Waals surface area contributed by atoms with E-state index in [1.165, 1.54) is 0 Å².